The molecule has 1 fully saturated rings. The van der Waals surface area contributed by atoms with E-state index in [0.29, 0.717) is 27.8 Å². The predicted octanol–water partition coefficient (Wildman–Crippen LogP) is 5.66. The molecule has 1 N–H and O–H groups in total. The number of amides is 1. The molecule has 0 atom stereocenters. The van der Waals surface area contributed by atoms with E-state index in [0.717, 1.165) is 36.8 Å². The molecular weight excluding hydrogens is 369 g/mol. The average Bonchev–Trinajstić information content (AvgIpc) is 2.64. The van der Waals surface area contributed by atoms with Crippen LogP contribution in [0.3, 0.4) is 0 Å². The second-order valence-corrected chi connectivity index (χ2v) is 7.55. The van der Waals surface area contributed by atoms with Gasteiger partial charge in [0.2, 0.25) is 0 Å². The Kier molecular flexibility index (Phi) is 6.44. The molecule has 138 valence electrons. The zero-order valence-electron chi connectivity index (χ0n) is 14.9. The van der Waals surface area contributed by atoms with Gasteiger partial charge in [0.05, 0.1) is 17.7 Å². The summed E-state index contributed by atoms with van der Waals surface area (Å²) in [6, 6.07) is 11.6. The van der Waals surface area contributed by atoms with Crippen molar-refractivity contribution in [3.05, 3.63) is 63.1 Å². The van der Waals surface area contributed by atoms with E-state index in [1.165, 1.54) is 13.5 Å². The molecule has 0 aliphatic heterocycles. The third-order valence-corrected chi connectivity index (χ3v) is 5.49. The molecule has 1 saturated carbocycles. The van der Waals surface area contributed by atoms with Gasteiger partial charge in [0.15, 0.2) is 0 Å². The summed E-state index contributed by atoms with van der Waals surface area (Å²) in [5.74, 6) is 0.291. The van der Waals surface area contributed by atoms with Crippen LogP contribution >= 0.6 is 23.2 Å². The molecule has 3 rings (SSSR count). The number of halogens is 2. The molecule has 2 aromatic carbocycles. The number of methoxy groups -OCH3 is 1. The van der Waals surface area contributed by atoms with Gasteiger partial charge in [0.25, 0.3) is 5.91 Å². The fourth-order valence-corrected chi connectivity index (χ4v) is 4.02. The summed E-state index contributed by atoms with van der Waals surface area (Å²) < 4.78 is 5.40. The van der Waals surface area contributed by atoms with Crippen LogP contribution in [-0.2, 0) is 6.42 Å². The van der Waals surface area contributed by atoms with Crippen molar-refractivity contribution in [2.75, 3.05) is 7.11 Å². The van der Waals surface area contributed by atoms with Crippen LogP contribution < -0.4 is 10.1 Å². The Morgan fingerprint density at radius 2 is 1.85 bits per heavy atom. The van der Waals surface area contributed by atoms with Crippen molar-refractivity contribution < 1.29 is 9.53 Å². The summed E-state index contributed by atoms with van der Waals surface area (Å²) in [5, 5.41) is 4.27. The van der Waals surface area contributed by atoms with Crippen molar-refractivity contribution in [2.24, 2.45) is 0 Å². The lowest BCUT2D eigenvalue weighted by molar-refractivity contribution is 0.0924. The smallest absolute Gasteiger partial charge is 0.255 e. The van der Waals surface area contributed by atoms with E-state index < -0.39 is 0 Å². The van der Waals surface area contributed by atoms with E-state index in [1.807, 2.05) is 36.4 Å². The first-order chi connectivity index (χ1) is 12.6. The third kappa shape index (κ3) is 4.52. The first kappa shape index (κ1) is 19.1. The first-order valence-electron chi connectivity index (χ1n) is 8.99. The summed E-state index contributed by atoms with van der Waals surface area (Å²) in [5.41, 5.74) is 2.40. The van der Waals surface area contributed by atoms with Gasteiger partial charge in [-0.25, -0.2) is 0 Å². The van der Waals surface area contributed by atoms with Crippen molar-refractivity contribution in [2.45, 2.75) is 44.6 Å². The minimum atomic E-state index is -0.128. The van der Waals surface area contributed by atoms with Gasteiger partial charge in [-0.1, -0.05) is 60.7 Å². The Morgan fingerprint density at radius 1 is 1.12 bits per heavy atom. The van der Waals surface area contributed by atoms with Gasteiger partial charge in [-0.3, -0.25) is 4.79 Å². The first-order valence-corrected chi connectivity index (χ1v) is 9.74. The van der Waals surface area contributed by atoms with Crippen molar-refractivity contribution in [1.29, 1.82) is 0 Å². The van der Waals surface area contributed by atoms with Crippen LogP contribution in [0.4, 0.5) is 0 Å². The Labute approximate surface area is 164 Å². The molecule has 0 spiro atoms. The van der Waals surface area contributed by atoms with E-state index in [4.69, 9.17) is 27.9 Å². The number of hydrogen-bond acceptors (Lipinski definition) is 2. The fourth-order valence-electron chi connectivity index (χ4n) is 3.50. The zero-order valence-corrected chi connectivity index (χ0v) is 16.4. The van der Waals surface area contributed by atoms with Crippen LogP contribution in [0.2, 0.25) is 10.0 Å². The Balaban J connectivity index is 1.86. The minimum Gasteiger partial charge on any atom is -0.494 e. The molecule has 0 bridgehead atoms. The van der Waals surface area contributed by atoms with Crippen LogP contribution in [0.1, 0.15) is 53.6 Å². The van der Waals surface area contributed by atoms with Crippen molar-refractivity contribution in [3.8, 4) is 5.75 Å². The monoisotopic (exact) mass is 391 g/mol. The predicted molar refractivity (Wildman–Crippen MR) is 107 cm³/mol. The summed E-state index contributed by atoms with van der Waals surface area (Å²) in [7, 11) is 1.53. The Morgan fingerprint density at radius 3 is 2.54 bits per heavy atom. The van der Waals surface area contributed by atoms with Gasteiger partial charge in [-0.2, -0.15) is 0 Å². The Bertz CT molecular complexity index is 786. The van der Waals surface area contributed by atoms with E-state index in [-0.39, 0.29) is 11.9 Å². The van der Waals surface area contributed by atoms with Crippen LogP contribution in [0.15, 0.2) is 36.4 Å². The molecule has 1 aliphatic carbocycles. The standard InChI is InChI=1S/C21H23Cl2NO2/c1-26-20-17(21(25)24-16-8-3-2-4-9-16)12-14(13-19(20)23)11-15-7-5-6-10-18(15)22/h5-7,10,12-13,16H,2-4,8-9,11H2,1H3,(H,24,25). The molecule has 0 heterocycles. The van der Waals surface area contributed by atoms with Gasteiger partial charge in [-0.15, -0.1) is 0 Å². The maximum Gasteiger partial charge on any atom is 0.255 e. The highest BCUT2D eigenvalue weighted by atomic mass is 35.5. The highest BCUT2D eigenvalue weighted by Gasteiger charge is 2.21. The second kappa shape index (κ2) is 8.79. The van der Waals surface area contributed by atoms with Crippen LogP contribution in [0.25, 0.3) is 0 Å². The van der Waals surface area contributed by atoms with E-state index in [2.05, 4.69) is 5.32 Å². The molecular formula is C21H23Cl2NO2. The van der Waals surface area contributed by atoms with E-state index in [9.17, 15) is 4.79 Å². The number of benzene rings is 2. The van der Waals surface area contributed by atoms with Crippen LogP contribution in [0.5, 0.6) is 5.75 Å². The summed E-state index contributed by atoms with van der Waals surface area (Å²) in [4.78, 5) is 12.8. The van der Waals surface area contributed by atoms with Crippen molar-refractivity contribution >= 4 is 29.1 Å². The SMILES string of the molecule is COc1c(Cl)cc(Cc2ccccc2Cl)cc1C(=O)NC1CCCCC1. The highest BCUT2D eigenvalue weighted by Crippen LogP contribution is 2.32. The van der Waals surface area contributed by atoms with Gasteiger partial charge < -0.3 is 10.1 Å². The third-order valence-electron chi connectivity index (χ3n) is 4.84. The molecule has 5 heteroatoms. The van der Waals surface area contributed by atoms with Crippen LogP contribution in [0, 0.1) is 0 Å². The van der Waals surface area contributed by atoms with Gasteiger partial charge in [0, 0.05) is 11.1 Å². The molecule has 2 aromatic rings. The molecule has 0 radical (unpaired) electrons. The minimum absolute atomic E-state index is 0.128. The van der Waals surface area contributed by atoms with Gasteiger partial charge in [-0.05, 0) is 48.6 Å². The molecule has 0 aromatic heterocycles. The number of ether oxygens (including phenoxy) is 1. The van der Waals surface area contributed by atoms with Crippen molar-refractivity contribution in [3.63, 3.8) is 0 Å². The van der Waals surface area contributed by atoms with Crippen molar-refractivity contribution in [1.82, 2.24) is 5.32 Å². The van der Waals surface area contributed by atoms with Gasteiger partial charge in [0.1, 0.15) is 5.75 Å². The lowest BCUT2D eigenvalue weighted by Crippen LogP contribution is -2.36. The Hall–Kier alpha value is -1.71. The molecule has 1 amide bonds. The molecule has 0 saturated heterocycles. The molecule has 26 heavy (non-hydrogen) atoms. The summed E-state index contributed by atoms with van der Waals surface area (Å²) >= 11 is 12.7. The number of hydrogen-bond donors (Lipinski definition) is 1. The lowest BCUT2D eigenvalue weighted by atomic mass is 9.95. The second-order valence-electron chi connectivity index (χ2n) is 6.74. The number of rotatable bonds is 5. The number of nitrogens with one attached hydrogen (secondary N) is 1. The van der Waals surface area contributed by atoms with E-state index >= 15 is 0 Å². The molecule has 3 nitrogen and oxygen atoms in total. The normalized spacial score (nSPS) is 14.9. The molecule has 1 aliphatic rings. The van der Waals surface area contributed by atoms with E-state index in [1.54, 1.807) is 0 Å². The summed E-state index contributed by atoms with van der Waals surface area (Å²) in [6.07, 6.45) is 6.23. The number of carbonyl (C=O) groups is 1. The number of carbonyl (C=O) groups excluding carboxylic acids is 1. The summed E-state index contributed by atoms with van der Waals surface area (Å²) in [6.45, 7) is 0. The lowest BCUT2D eigenvalue weighted by Gasteiger charge is -2.23. The topological polar surface area (TPSA) is 38.3 Å². The zero-order chi connectivity index (χ0) is 18.5. The highest BCUT2D eigenvalue weighted by molar-refractivity contribution is 6.33. The fraction of sp³-hybridized carbons (Fsp3) is 0.381. The van der Waals surface area contributed by atoms with Crippen LogP contribution in [-0.4, -0.2) is 19.1 Å². The maximum absolute atomic E-state index is 12.8. The quantitative estimate of drug-likeness (QED) is 0.714. The average molecular weight is 392 g/mol. The molecule has 0 unspecified atom stereocenters. The largest absolute Gasteiger partial charge is 0.494 e. The van der Waals surface area contributed by atoms with Gasteiger partial charge >= 0.3 is 0 Å². The maximum atomic E-state index is 12.8.